The number of fused-ring (bicyclic) bond motifs is 1. The Morgan fingerprint density at radius 1 is 1.15 bits per heavy atom. The van der Waals surface area contributed by atoms with Gasteiger partial charge in [-0.1, -0.05) is 6.07 Å². The van der Waals surface area contributed by atoms with E-state index in [1.807, 2.05) is 0 Å². The molecule has 0 unspecified atom stereocenters. The minimum atomic E-state index is -3.71. The number of carbonyl (C=O) groups excluding carboxylic acids is 1. The molecule has 1 aliphatic heterocycles. The Balaban J connectivity index is 1.94. The molecule has 3 rings (SSSR count). The lowest BCUT2D eigenvalue weighted by atomic mass is 10.1. The van der Waals surface area contributed by atoms with Gasteiger partial charge in [0.2, 0.25) is 10.0 Å². The summed E-state index contributed by atoms with van der Waals surface area (Å²) in [7, 11) is -0.880. The number of rotatable bonds is 4. The summed E-state index contributed by atoms with van der Waals surface area (Å²) in [6.45, 7) is 2.13. The predicted octanol–water partition coefficient (Wildman–Crippen LogP) is 2.45. The van der Waals surface area contributed by atoms with Crippen LogP contribution in [0.25, 0.3) is 0 Å². The zero-order chi connectivity index (χ0) is 19.6. The zero-order valence-electron chi connectivity index (χ0n) is 15.3. The summed E-state index contributed by atoms with van der Waals surface area (Å²) < 4.78 is 43.2. The van der Waals surface area contributed by atoms with Gasteiger partial charge in [0, 0.05) is 12.1 Å². The lowest BCUT2D eigenvalue weighted by molar-refractivity contribution is 0.0600. The van der Waals surface area contributed by atoms with E-state index in [0.717, 1.165) is 0 Å². The van der Waals surface area contributed by atoms with E-state index in [9.17, 15) is 13.2 Å². The molecule has 7 nitrogen and oxygen atoms in total. The molecule has 0 amide bonds. The van der Waals surface area contributed by atoms with Crippen molar-refractivity contribution in [2.45, 2.75) is 24.5 Å². The SMILES string of the molecule is COC(=O)c1ccc2c(c1)O[C@@H](C)CN(S(=O)(=O)c1ccc(OC)cc1)C2. The number of esters is 1. The maximum Gasteiger partial charge on any atom is 0.337 e. The molecule has 0 spiro atoms. The molecule has 1 heterocycles. The van der Waals surface area contributed by atoms with Crippen molar-refractivity contribution in [1.82, 2.24) is 4.31 Å². The summed E-state index contributed by atoms with van der Waals surface area (Å²) in [5.74, 6) is 0.598. The number of hydrogen-bond donors (Lipinski definition) is 0. The van der Waals surface area contributed by atoms with E-state index >= 15 is 0 Å². The first-order chi connectivity index (χ1) is 12.8. The van der Waals surface area contributed by atoms with Gasteiger partial charge in [0.25, 0.3) is 0 Å². The fraction of sp³-hybridized carbons (Fsp3) is 0.316. The molecule has 0 radical (unpaired) electrons. The molecule has 1 aliphatic rings. The van der Waals surface area contributed by atoms with E-state index in [1.165, 1.54) is 30.7 Å². The zero-order valence-corrected chi connectivity index (χ0v) is 16.2. The van der Waals surface area contributed by atoms with Crippen LogP contribution in [-0.4, -0.2) is 45.6 Å². The quantitative estimate of drug-likeness (QED) is 0.745. The molecule has 0 fully saturated rings. The molecule has 0 bridgehead atoms. The lowest BCUT2D eigenvalue weighted by Gasteiger charge is -2.21. The molecule has 144 valence electrons. The molecule has 1 atom stereocenters. The maximum atomic E-state index is 13.1. The fourth-order valence-corrected chi connectivity index (χ4v) is 4.41. The monoisotopic (exact) mass is 391 g/mol. The first kappa shape index (κ1) is 19.2. The number of nitrogens with zero attached hydrogens (tertiary/aromatic N) is 1. The molecular weight excluding hydrogens is 370 g/mol. The summed E-state index contributed by atoms with van der Waals surface area (Å²) in [6, 6.07) is 11.1. The summed E-state index contributed by atoms with van der Waals surface area (Å²) in [6.07, 6.45) is -0.382. The maximum absolute atomic E-state index is 13.1. The van der Waals surface area contributed by atoms with Gasteiger partial charge < -0.3 is 14.2 Å². The second kappa shape index (κ2) is 7.58. The number of benzene rings is 2. The van der Waals surface area contributed by atoms with Gasteiger partial charge >= 0.3 is 5.97 Å². The molecule has 2 aromatic carbocycles. The van der Waals surface area contributed by atoms with Crippen LogP contribution in [0.1, 0.15) is 22.8 Å². The second-order valence-corrected chi connectivity index (χ2v) is 8.15. The molecule has 0 saturated heterocycles. The van der Waals surface area contributed by atoms with E-state index in [2.05, 4.69) is 0 Å². The third kappa shape index (κ3) is 3.91. The topological polar surface area (TPSA) is 82.1 Å². The van der Waals surface area contributed by atoms with Gasteiger partial charge in [-0.3, -0.25) is 0 Å². The lowest BCUT2D eigenvalue weighted by Crippen LogP contribution is -2.36. The molecule has 0 N–H and O–H groups in total. The molecule has 2 aromatic rings. The summed E-state index contributed by atoms with van der Waals surface area (Å²) in [5.41, 5.74) is 1.04. The minimum absolute atomic E-state index is 0.148. The van der Waals surface area contributed by atoms with Gasteiger partial charge in [-0.05, 0) is 43.3 Å². The first-order valence-corrected chi connectivity index (χ1v) is 9.81. The number of ether oxygens (including phenoxy) is 3. The smallest absolute Gasteiger partial charge is 0.337 e. The highest BCUT2D eigenvalue weighted by molar-refractivity contribution is 7.89. The number of hydrogen-bond acceptors (Lipinski definition) is 6. The summed E-state index contributed by atoms with van der Waals surface area (Å²) in [5, 5.41) is 0. The van der Waals surface area contributed by atoms with Crippen molar-refractivity contribution in [3.63, 3.8) is 0 Å². The Morgan fingerprint density at radius 2 is 1.85 bits per heavy atom. The Hall–Kier alpha value is -2.58. The Labute approximate surface area is 158 Å². The largest absolute Gasteiger partial charge is 0.497 e. The van der Waals surface area contributed by atoms with Crippen molar-refractivity contribution in [3.05, 3.63) is 53.6 Å². The van der Waals surface area contributed by atoms with Crippen molar-refractivity contribution < 1.29 is 27.4 Å². The van der Waals surface area contributed by atoms with Crippen molar-refractivity contribution in [3.8, 4) is 11.5 Å². The molecule has 0 saturated carbocycles. The second-order valence-electron chi connectivity index (χ2n) is 6.22. The highest BCUT2D eigenvalue weighted by atomic mass is 32.2. The Bertz CT molecular complexity index is 939. The van der Waals surface area contributed by atoms with Crippen LogP contribution in [0.15, 0.2) is 47.4 Å². The van der Waals surface area contributed by atoms with Crippen molar-refractivity contribution in [1.29, 1.82) is 0 Å². The van der Waals surface area contributed by atoms with Gasteiger partial charge in [-0.15, -0.1) is 0 Å². The van der Waals surface area contributed by atoms with E-state index in [-0.39, 0.29) is 24.1 Å². The number of methoxy groups -OCH3 is 2. The van der Waals surface area contributed by atoms with Crippen LogP contribution >= 0.6 is 0 Å². The van der Waals surface area contributed by atoms with Crippen LogP contribution in [-0.2, 0) is 21.3 Å². The molecule has 8 heteroatoms. The van der Waals surface area contributed by atoms with Crippen molar-refractivity contribution >= 4 is 16.0 Å². The highest BCUT2D eigenvalue weighted by Crippen LogP contribution is 2.30. The normalized spacial score (nSPS) is 17.4. The van der Waals surface area contributed by atoms with Crippen LogP contribution in [0.5, 0.6) is 11.5 Å². The average molecular weight is 391 g/mol. The van der Waals surface area contributed by atoms with Crippen LogP contribution in [0.2, 0.25) is 0 Å². The van der Waals surface area contributed by atoms with Crippen LogP contribution < -0.4 is 9.47 Å². The molecule has 0 aliphatic carbocycles. The van der Waals surface area contributed by atoms with Gasteiger partial charge in [-0.25, -0.2) is 13.2 Å². The summed E-state index contributed by atoms with van der Waals surface area (Å²) in [4.78, 5) is 11.9. The van der Waals surface area contributed by atoms with Gasteiger partial charge in [0.05, 0.1) is 31.2 Å². The standard InChI is InChI=1S/C19H21NO6S/c1-13-11-20(27(22,23)17-8-6-16(24-2)7-9-17)12-15-5-4-14(19(21)25-3)10-18(15)26-13/h4-10,13H,11-12H2,1-3H3/t13-/m0/s1. The van der Waals surface area contributed by atoms with Gasteiger partial charge in [0.15, 0.2) is 0 Å². The third-order valence-electron chi connectivity index (χ3n) is 4.32. The number of carbonyl (C=O) groups is 1. The fourth-order valence-electron chi connectivity index (χ4n) is 2.91. The minimum Gasteiger partial charge on any atom is -0.497 e. The number of sulfonamides is 1. The summed E-state index contributed by atoms with van der Waals surface area (Å²) >= 11 is 0. The molecule has 27 heavy (non-hydrogen) atoms. The van der Waals surface area contributed by atoms with Gasteiger partial charge in [0.1, 0.15) is 17.6 Å². The Kier molecular flexibility index (Phi) is 5.38. The van der Waals surface area contributed by atoms with Crippen molar-refractivity contribution in [2.75, 3.05) is 20.8 Å². The van der Waals surface area contributed by atoms with E-state index in [1.54, 1.807) is 37.3 Å². The Morgan fingerprint density at radius 3 is 2.48 bits per heavy atom. The van der Waals surface area contributed by atoms with E-state index in [0.29, 0.717) is 22.6 Å². The first-order valence-electron chi connectivity index (χ1n) is 8.37. The van der Waals surface area contributed by atoms with E-state index < -0.39 is 16.0 Å². The van der Waals surface area contributed by atoms with Crippen LogP contribution in [0.4, 0.5) is 0 Å². The van der Waals surface area contributed by atoms with Gasteiger partial charge in [-0.2, -0.15) is 4.31 Å². The van der Waals surface area contributed by atoms with Crippen molar-refractivity contribution in [2.24, 2.45) is 0 Å². The molecule has 0 aromatic heterocycles. The third-order valence-corrected chi connectivity index (χ3v) is 6.15. The predicted molar refractivity (Wildman–Crippen MR) is 98.5 cm³/mol. The van der Waals surface area contributed by atoms with Crippen LogP contribution in [0.3, 0.4) is 0 Å². The van der Waals surface area contributed by atoms with E-state index in [4.69, 9.17) is 14.2 Å². The van der Waals surface area contributed by atoms with Crippen LogP contribution in [0, 0.1) is 0 Å². The molecular formula is C19H21NO6S. The highest BCUT2D eigenvalue weighted by Gasteiger charge is 2.30. The average Bonchev–Trinajstić information content (AvgIpc) is 2.85.